The quantitative estimate of drug-likeness (QED) is 0.707. The number of amides is 1. The lowest BCUT2D eigenvalue weighted by molar-refractivity contribution is 0.0951. The molecule has 6 nitrogen and oxygen atoms in total. The highest BCUT2D eigenvalue weighted by Crippen LogP contribution is 2.15. The topological polar surface area (TPSA) is 107 Å². The maximum atomic E-state index is 12.0. The van der Waals surface area contributed by atoms with Crippen LogP contribution in [0.2, 0.25) is 0 Å². The molecule has 1 aromatic carbocycles. The maximum Gasteiger partial charge on any atom is 0.253 e. The van der Waals surface area contributed by atoms with Gasteiger partial charge in [0.05, 0.1) is 17.8 Å². The van der Waals surface area contributed by atoms with Gasteiger partial charge in [-0.2, -0.15) is 0 Å². The molecule has 0 bridgehead atoms. The first-order valence-electron chi connectivity index (χ1n) is 5.78. The Morgan fingerprint density at radius 1 is 1.32 bits per heavy atom. The zero-order chi connectivity index (χ0) is 13.8. The number of nitrogens with one attached hydrogen (secondary N) is 1. The number of aromatic nitrogens is 2. The number of hydrogen-bond donors (Lipinski definition) is 3. The molecule has 6 heteroatoms. The summed E-state index contributed by atoms with van der Waals surface area (Å²) in [6.45, 7) is 2.12. The largest absolute Gasteiger partial charge is 0.399 e. The van der Waals surface area contributed by atoms with Crippen LogP contribution in [0, 0.1) is 6.92 Å². The number of hydrogen-bond acceptors (Lipinski definition) is 5. The van der Waals surface area contributed by atoms with Crippen molar-refractivity contribution < 1.29 is 4.79 Å². The molecule has 19 heavy (non-hydrogen) atoms. The van der Waals surface area contributed by atoms with E-state index in [4.69, 9.17) is 11.5 Å². The summed E-state index contributed by atoms with van der Waals surface area (Å²) >= 11 is 0. The third-order valence-electron chi connectivity index (χ3n) is 2.58. The van der Waals surface area contributed by atoms with Gasteiger partial charge in [-0.1, -0.05) is 0 Å². The zero-order valence-electron chi connectivity index (χ0n) is 10.6. The predicted molar refractivity (Wildman–Crippen MR) is 73.2 cm³/mol. The molecule has 98 valence electrons. The van der Waals surface area contributed by atoms with Crippen LogP contribution in [0.4, 0.5) is 11.4 Å². The monoisotopic (exact) mass is 257 g/mol. The van der Waals surface area contributed by atoms with E-state index in [0.29, 0.717) is 29.3 Å². The van der Waals surface area contributed by atoms with E-state index in [2.05, 4.69) is 15.3 Å². The van der Waals surface area contributed by atoms with E-state index in [1.54, 1.807) is 37.4 Å². The number of carbonyl (C=O) groups excluding carboxylic acids is 1. The fraction of sp³-hybridized carbons (Fsp3) is 0.154. The minimum absolute atomic E-state index is 0.256. The van der Waals surface area contributed by atoms with Crippen molar-refractivity contribution >= 4 is 17.3 Å². The van der Waals surface area contributed by atoms with Crippen molar-refractivity contribution in [3.05, 3.63) is 47.5 Å². The van der Waals surface area contributed by atoms with E-state index < -0.39 is 0 Å². The van der Waals surface area contributed by atoms with Crippen LogP contribution >= 0.6 is 0 Å². The Bertz CT molecular complexity index is 612. The average Bonchev–Trinajstić information content (AvgIpc) is 2.36. The molecule has 0 radical (unpaired) electrons. The summed E-state index contributed by atoms with van der Waals surface area (Å²) < 4.78 is 0. The Labute approximate surface area is 110 Å². The average molecular weight is 257 g/mol. The second-order valence-corrected chi connectivity index (χ2v) is 4.12. The number of nitrogen functional groups attached to an aromatic ring is 2. The van der Waals surface area contributed by atoms with Crippen LogP contribution in [0.3, 0.4) is 0 Å². The van der Waals surface area contributed by atoms with Crippen LogP contribution in [0.1, 0.15) is 21.9 Å². The highest BCUT2D eigenvalue weighted by Gasteiger charge is 2.09. The summed E-state index contributed by atoms with van der Waals surface area (Å²) in [5, 5.41) is 2.75. The van der Waals surface area contributed by atoms with Gasteiger partial charge in [-0.15, -0.1) is 0 Å². The van der Waals surface area contributed by atoms with E-state index in [0.717, 1.165) is 5.69 Å². The van der Waals surface area contributed by atoms with Gasteiger partial charge in [0.25, 0.3) is 5.91 Å². The van der Waals surface area contributed by atoms with Crippen molar-refractivity contribution in [2.75, 3.05) is 11.5 Å². The molecular formula is C13H15N5O. The first-order chi connectivity index (χ1) is 9.06. The van der Waals surface area contributed by atoms with Gasteiger partial charge in [-0.25, -0.2) is 9.97 Å². The number of aryl methyl sites for hydroxylation is 1. The summed E-state index contributed by atoms with van der Waals surface area (Å²) in [6.07, 6.45) is 1.65. The van der Waals surface area contributed by atoms with Crippen molar-refractivity contribution in [1.29, 1.82) is 0 Å². The summed E-state index contributed by atoms with van der Waals surface area (Å²) in [4.78, 5) is 20.1. The van der Waals surface area contributed by atoms with Gasteiger partial charge >= 0.3 is 0 Å². The molecule has 2 aromatic rings. The normalized spacial score (nSPS) is 10.2. The second-order valence-electron chi connectivity index (χ2n) is 4.12. The SMILES string of the molecule is Cc1nccc(CNC(=O)c2ccc(N)cc2N)n1. The van der Waals surface area contributed by atoms with Crippen LogP contribution in [0.25, 0.3) is 0 Å². The lowest BCUT2D eigenvalue weighted by Gasteiger charge is -2.08. The van der Waals surface area contributed by atoms with E-state index in [1.165, 1.54) is 0 Å². The van der Waals surface area contributed by atoms with Gasteiger partial charge in [-0.05, 0) is 31.2 Å². The van der Waals surface area contributed by atoms with Crippen LogP contribution < -0.4 is 16.8 Å². The van der Waals surface area contributed by atoms with E-state index in [9.17, 15) is 4.79 Å². The van der Waals surface area contributed by atoms with Crippen LogP contribution in [0.5, 0.6) is 0 Å². The van der Waals surface area contributed by atoms with Gasteiger partial charge in [-0.3, -0.25) is 4.79 Å². The molecule has 0 aliphatic carbocycles. The molecule has 1 aromatic heterocycles. The summed E-state index contributed by atoms with van der Waals surface area (Å²) in [7, 11) is 0. The fourth-order valence-corrected chi connectivity index (χ4v) is 1.66. The number of nitrogens with zero attached hydrogens (tertiary/aromatic N) is 2. The van der Waals surface area contributed by atoms with E-state index >= 15 is 0 Å². The van der Waals surface area contributed by atoms with Gasteiger partial charge in [0.2, 0.25) is 0 Å². The first kappa shape index (κ1) is 12.8. The second kappa shape index (κ2) is 5.34. The number of anilines is 2. The highest BCUT2D eigenvalue weighted by atomic mass is 16.1. The van der Waals surface area contributed by atoms with Gasteiger partial charge in [0, 0.05) is 17.6 Å². The Kier molecular flexibility index (Phi) is 3.61. The lowest BCUT2D eigenvalue weighted by atomic mass is 10.1. The number of carbonyl (C=O) groups is 1. The standard InChI is InChI=1S/C13H15N5O/c1-8-16-5-4-10(18-8)7-17-13(19)11-3-2-9(14)6-12(11)15/h2-6H,7,14-15H2,1H3,(H,17,19). The molecule has 0 spiro atoms. The van der Waals surface area contributed by atoms with Gasteiger partial charge in [0.15, 0.2) is 0 Å². The maximum absolute atomic E-state index is 12.0. The summed E-state index contributed by atoms with van der Waals surface area (Å²) in [5.74, 6) is 0.410. The fourth-order valence-electron chi connectivity index (χ4n) is 1.66. The van der Waals surface area contributed by atoms with Crippen LogP contribution in [-0.4, -0.2) is 15.9 Å². The molecule has 1 amide bonds. The van der Waals surface area contributed by atoms with Gasteiger partial charge in [0.1, 0.15) is 5.82 Å². The molecule has 0 saturated heterocycles. The molecule has 0 atom stereocenters. The molecule has 0 fully saturated rings. The third kappa shape index (κ3) is 3.19. The number of rotatable bonds is 3. The minimum atomic E-state index is -0.256. The third-order valence-corrected chi connectivity index (χ3v) is 2.58. The van der Waals surface area contributed by atoms with Crippen molar-refractivity contribution in [1.82, 2.24) is 15.3 Å². The van der Waals surface area contributed by atoms with Crippen molar-refractivity contribution in [2.24, 2.45) is 0 Å². The van der Waals surface area contributed by atoms with Crippen LogP contribution in [0.15, 0.2) is 30.5 Å². The Balaban J connectivity index is 2.05. The Hall–Kier alpha value is -2.63. The molecule has 2 rings (SSSR count). The Morgan fingerprint density at radius 2 is 2.11 bits per heavy atom. The van der Waals surface area contributed by atoms with Crippen LogP contribution in [-0.2, 0) is 6.54 Å². The van der Waals surface area contributed by atoms with Crippen molar-refractivity contribution in [3.8, 4) is 0 Å². The smallest absolute Gasteiger partial charge is 0.253 e. The number of nitrogens with two attached hydrogens (primary N) is 2. The minimum Gasteiger partial charge on any atom is -0.399 e. The molecule has 0 aliphatic rings. The molecular weight excluding hydrogens is 242 g/mol. The summed E-state index contributed by atoms with van der Waals surface area (Å²) in [6, 6.07) is 6.55. The lowest BCUT2D eigenvalue weighted by Crippen LogP contribution is -2.24. The predicted octanol–water partition coefficient (Wildman–Crippen LogP) is 0.879. The number of benzene rings is 1. The highest BCUT2D eigenvalue weighted by molar-refractivity contribution is 5.99. The summed E-state index contributed by atoms with van der Waals surface area (Å²) in [5.41, 5.74) is 13.4. The van der Waals surface area contributed by atoms with E-state index in [1.807, 2.05) is 0 Å². The molecule has 1 heterocycles. The molecule has 0 aliphatic heterocycles. The molecule has 5 N–H and O–H groups in total. The van der Waals surface area contributed by atoms with E-state index in [-0.39, 0.29) is 5.91 Å². The van der Waals surface area contributed by atoms with Gasteiger partial charge < -0.3 is 16.8 Å². The zero-order valence-corrected chi connectivity index (χ0v) is 10.6. The molecule has 0 saturated carbocycles. The van der Waals surface area contributed by atoms with Crippen molar-refractivity contribution in [2.45, 2.75) is 13.5 Å². The van der Waals surface area contributed by atoms with Crippen molar-refractivity contribution in [3.63, 3.8) is 0 Å². The molecule has 0 unspecified atom stereocenters. The first-order valence-corrected chi connectivity index (χ1v) is 5.78. The Morgan fingerprint density at radius 3 is 2.79 bits per heavy atom.